The predicted octanol–water partition coefficient (Wildman–Crippen LogP) is 3.73. The van der Waals surface area contributed by atoms with E-state index in [4.69, 9.17) is 16.9 Å². The Kier molecular flexibility index (Phi) is 3.48. The Hall–Kier alpha value is -1.46. The molecule has 0 fully saturated rings. The van der Waals surface area contributed by atoms with E-state index in [1.54, 1.807) is 6.07 Å². The number of nitriles is 1. The molecule has 0 spiro atoms. The van der Waals surface area contributed by atoms with Gasteiger partial charge in [-0.25, -0.2) is 0 Å². The van der Waals surface area contributed by atoms with Crippen LogP contribution in [-0.2, 0) is 0 Å². The van der Waals surface area contributed by atoms with Crippen molar-refractivity contribution in [3.8, 4) is 6.07 Å². The van der Waals surface area contributed by atoms with Crippen LogP contribution in [0.4, 0.5) is 5.69 Å². The SMILES string of the molecule is N#Cc1ccc(NC2C=CCCC2)cc1Cl. The second-order valence-electron chi connectivity index (χ2n) is 3.92. The monoisotopic (exact) mass is 232 g/mol. The van der Waals surface area contributed by atoms with Crippen molar-refractivity contribution in [1.29, 1.82) is 5.26 Å². The van der Waals surface area contributed by atoms with Crippen molar-refractivity contribution in [3.05, 3.63) is 40.9 Å². The topological polar surface area (TPSA) is 35.8 Å². The third-order valence-corrected chi connectivity index (χ3v) is 3.01. The highest BCUT2D eigenvalue weighted by atomic mass is 35.5. The molecular weight excluding hydrogens is 220 g/mol. The quantitative estimate of drug-likeness (QED) is 0.789. The Morgan fingerprint density at radius 1 is 1.44 bits per heavy atom. The number of hydrogen-bond donors (Lipinski definition) is 1. The van der Waals surface area contributed by atoms with Gasteiger partial charge in [0.25, 0.3) is 0 Å². The van der Waals surface area contributed by atoms with E-state index in [1.165, 1.54) is 12.8 Å². The minimum absolute atomic E-state index is 0.387. The van der Waals surface area contributed by atoms with E-state index >= 15 is 0 Å². The third-order valence-electron chi connectivity index (χ3n) is 2.70. The van der Waals surface area contributed by atoms with Crippen molar-refractivity contribution in [2.75, 3.05) is 5.32 Å². The fourth-order valence-corrected chi connectivity index (χ4v) is 2.07. The Bertz CT molecular complexity index is 446. The molecule has 1 atom stereocenters. The molecule has 0 heterocycles. The van der Waals surface area contributed by atoms with Crippen molar-refractivity contribution in [2.24, 2.45) is 0 Å². The number of rotatable bonds is 2. The Morgan fingerprint density at radius 2 is 2.31 bits per heavy atom. The standard InChI is InChI=1S/C13H13ClN2/c14-13-8-12(7-6-10(13)9-15)16-11-4-2-1-3-5-11/h2,4,6-8,11,16H,1,3,5H2. The van der Waals surface area contributed by atoms with E-state index in [0.29, 0.717) is 16.6 Å². The second-order valence-corrected chi connectivity index (χ2v) is 4.32. The van der Waals surface area contributed by atoms with Gasteiger partial charge in [0.15, 0.2) is 0 Å². The van der Waals surface area contributed by atoms with Crippen LogP contribution in [0.2, 0.25) is 5.02 Å². The number of allylic oxidation sites excluding steroid dienone is 1. The summed E-state index contributed by atoms with van der Waals surface area (Å²) in [5.74, 6) is 0. The summed E-state index contributed by atoms with van der Waals surface area (Å²) >= 11 is 5.97. The van der Waals surface area contributed by atoms with Crippen molar-refractivity contribution in [3.63, 3.8) is 0 Å². The first-order chi connectivity index (χ1) is 7.79. The maximum atomic E-state index is 8.76. The molecule has 0 bridgehead atoms. The van der Waals surface area contributed by atoms with Gasteiger partial charge in [-0.1, -0.05) is 23.8 Å². The molecule has 0 saturated heterocycles. The van der Waals surface area contributed by atoms with Gasteiger partial charge in [-0.15, -0.1) is 0 Å². The molecule has 0 saturated carbocycles. The number of hydrogen-bond acceptors (Lipinski definition) is 2. The first kappa shape index (κ1) is 11.0. The second kappa shape index (κ2) is 5.05. The van der Waals surface area contributed by atoms with Gasteiger partial charge in [-0.3, -0.25) is 0 Å². The van der Waals surface area contributed by atoms with Crippen LogP contribution in [0.5, 0.6) is 0 Å². The summed E-state index contributed by atoms with van der Waals surface area (Å²) in [6, 6.07) is 7.89. The van der Waals surface area contributed by atoms with E-state index in [0.717, 1.165) is 12.1 Å². The average molecular weight is 233 g/mol. The highest BCUT2D eigenvalue weighted by Gasteiger charge is 2.08. The summed E-state index contributed by atoms with van der Waals surface area (Å²) in [6.07, 6.45) is 7.93. The zero-order valence-electron chi connectivity index (χ0n) is 8.91. The van der Waals surface area contributed by atoms with E-state index < -0.39 is 0 Å². The molecule has 16 heavy (non-hydrogen) atoms. The lowest BCUT2D eigenvalue weighted by Gasteiger charge is -2.19. The molecule has 2 nitrogen and oxygen atoms in total. The number of halogens is 1. The normalized spacial score (nSPS) is 19.1. The van der Waals surface area contributed by atoms with Crippen LogP contribution in [0.1, 0.15) is 24.8 Å². The molecule has 3 heteroatoms. The first-order valence-corrected chi connectivity index (χ1v) is 5.80. The molecule has 1 aromatic rings. The Morgan fingerprint density at radius 3 is 2.94 bits per heavy atom. The smallest absolute Gasteiger partial charge is 0.101 e. The summed E-state index contributed by atoms with van der Waals surface area (Å²) in [4.78, 5) is 0. The van der Waals surface area contributed by atoms with Crippen LogP contribution in [-0.4, -0.2) is 6.04 Å². The van der Waals surface area contributed by atoms with Gasteiger partial charge in [0.05, 0.1) is 10.6 Å². The van der Waals surface area contributed by atoms with E-state index in [1.807, 2.05) is 12.1 Å². The van der Waals surface area contributed by atoms with Gasteiger partial charge >= 0.3 is 0 Å². The molecule has 1 aliphatic carbocycles. The van der Waals surface area contributed by atoms with Gasteiger partial charge in [0.1, 0.15) is 6.07 Å². The Balaban J connectivity index is 2.10. The third kappa shape index (κ3) is 2.56. The molecule has 1 aliphatic rings. The van der Waals surface area contributed by atoms with Crippen LogP contribution in [0, 0.1) is 11.3 Å². The lowest BCUT2D eigenvalue weighted by atomic mass is 10.0. The maximum Gasteiger partial charge on any atom is 0.101 e. The van der Waals surface area contributed by atoms with Crippen molar-refractivity contribution >= 4 is 17.3 Å². The summed E-state index contributed by atoms with van der Waals surface area (Å²) in [6.45, 7) is 0. The van der Waals surface area contributed by atoms with Gasteiger partial charge in [0, 0.05) is 11.7 Å². The van der Waals surface area contributed by atoms with E-state index in [2.05, 4.69) is 23.5 Å². The molecule has 2 rings (SSSR count). The molecule has 0 aliphatic heterocycles. The average Bonchev–Trinajstić information content (AvgIpc) is 2.31. The van der Waals surface area contributed by atoms with Crippen LogP contribution < -0.4 is 5.32 Å². The minimum Gasteiger partial charge on any atom is -0.379 e. The fraction of sp³-hybridized carbons (Fsp3) is 0.308. The summed E-state index contributed by atoms with van der Waals surface area (Å²) < 4.78 is 0. The van der Waals surface area contributed by atoms with Crippen molar-refractivity contribution in [2.45, 2.75) is 25.3 Å². The van der Waals surface area contributed by atoms with Gasteiger partial charge in [-0.05, 0) is 37.5 Å². The van der Waals surface area contributed by atoms with E-state index in [-0.39, 0.29) is 0 Å². The fourth-order valence-electron chi connectivity index (χ4n) is 1.84. The van der Waals surface area contributed by atoms with Gasteiger partial charge in [-0.2, -0.15) is 5.26 Å². The predicted molar refractivity (Wildman–Crippen MR) is 66.6 cm³/mol. The lowest BCUT2D eigenvalue weighted by molar-refractivity contribution is 0.674. The van der Waals surface area contributed by atoms with Crippen LogP contribution in [0.15, 0.2) is 30.4 Å². The minimum atomic E-state index is 0.387. The molecule has 0 radical (unpaired) electrons. The number of anilines is 1. The molecule has 0 amide bonds. The summed E-state index contributed by atoms with van der Waals surface area (Å²) in [5.41, 5.74) is 1.49. The zero-order valence-corrected chi connectivity index (χ0v) is 9.67. The van der Waals surface area contributed by atoms with Crippen molar-refractivity contribution < 1.29 is 0 Å². The largest absolute Gasteiger partial charge is 0.379 e. The van der Waals surface area contributed by atoms with E-state index in [9.17, 15) is 0 Å². The van der Waals surface area contributed by atoms with Crippen LogP contribution >= 0.6 is 11.6 Å². The highest BCUT2D eigenvalue weighted by molar-refractivity contribution is 6.32. The molecular formula is C13H13ClN2. The lowest BCUT2D eigenvalue weighted by Crippen LogP contribution is -2.18. The first-order valence-electron chi connectivity index (χ1n) is 5.42. The van der Waals surface area contributed by atoms with Gasteiger partial charge in [0.2, 0.25) is 0 Å². The molecule has 1 aromatic carbocycles. The molecule has 1 N–H and O–H groups in total. The number of nitrogens with zero attached hydrogens (tertiary/aromatic N) is 1. The highest BCUT2D eigenvalue weighted by Crippen LogP contribution is 2.22. The zero-order chi connectivity index (χ0) is 11.4. The summed E-state index contributed by atoms with van der Waals surface area (Å²) in [5, 5.41) is 12.7. The maximum absolute atomic E-state index is 8.76. The molecule has 1 unspecified atom stereocenters. The number of benzene rings is 1. The Labute approximate surface area is 101 Å². The molecule has 0 aromatic heterocycles. The van der Waals surface area contributed by atoms with Gasteiger partial charge < -0.3 is 5.32 Å². The van der Waals surface area contributed by atoms with Crippen molar-refractivity contribution in [1.82, 2.24) is 0 Å². The molecule has 82 valence electrons. The van der Waals surface area contributed by atoms with Crippen LogP contribution in [0.25, 0.3) is 0 Å². The summed E-state index contributed by atoms with van der Waals surface area (Å²) in [7, 11) is 0. The number of nitrogens with one attached hydrogen (secondary N) is 1. The van der Waals surface area contributed by atoms with Crippen LogP contribution in [0.3, 0.4) is 0 Å².